The first-order valence-corrected chi connectivity index (χ1v) is 5.07. The number of rotatable bonds is 2. The quantitative estimate of drug-likeness (QED) is 0.836. The summed E-state index contributed by atoms with van der Waals surface area (Å²) in [5.74, 6) is 1.37. The molecule has 0 amide bonds. The van der Waals surface area contributed by atoms with E-state index in [9.17, 15) is 0 Å². The molecular formula is C12H15N3O. The van der Waals surface area contributed by atoms with Crippen LogP contribution in [0.4, 0.5) is 5.82 Å². The van der Waals surface area contributed by atoms with Crippen molar-refractivity contribution in [2.45, 2.75) is 6.92 Å². The van der Waals surface area contributed by atoms with Gasteiger partial charge in [-0.3, -0.25) is 4.68 Å². The van der Waals surface area contributed by atoms with Crippen molar-refractivity contribution in [3.63, 3.8) is 0 Å². The molecule has 0 aliphatic rings. The van der Waals surface area contributed by atoms with Crippen LogP contribution in [-0.2, 0) is 7.05 Å². The van der Waals surface area contributed by atoms with Crippen LogP contribution in [0.5, 0.6) is 5.75 Å². The van der Waals surface area contributed by atoms with E-state index in [0.717, 1.165) is 22.6 Å². The Kier molecular flexibility index (Phi) is 2.56. The minimum Gasteiger partial charge on any atom is -0.497 e. The van der Waals surface area contributed by atoms with Gasteiger partial charge < -0.3 is 10.5 Å². The normalized spacial score (nSPS) is 10.4. The van der Waals surface area contributed by atoms with Crippen LogP contribution >= 0.6 is 0 Å². The number of ether oxygens (including phenoxy) is 1. The van der Waals surface area contributed by atoms with Crippen LogP contribution in [0.15, 0.2) is 24.3 Å². The van der Waals surface area contributed by atoms with Crippen molar-refractivity contribution < 1.29 is 4.74 Å². The molecule has 1 aromatic carbocycles. The molecular weight excluding hydrogens is 202 g/mol. The highest BCUT2D eigenvalue weighted by molar-refractivity contribution is 5.77. The SMILES string of the molecule is COc1cccc(-c2c(N)nn(C)c2C)c1. The number of aryl methyl sites for hydroxylation is 1. The Morgan fingerprint density at radius 1 is 1.38 bits per heavy atom. The molecule has 2 N–H and O–H groups in total. The number of hydrogen-bond acceptors (Lipinski definition) is 3. The van der Waals surface area contributed by atoms with Crippen molar-refractivity contribution >= 4 is 5.82 Å². The molecule has 2 aromatic rings. The Balaban J connectivity index is 2.58. The van der Waals surface area contributed by atoms with E-state index < -0.39 is 0 Å². The average molecular weight is 217 g/mol. The lowest BCUT2D eigenvalue weighted by atomic mass is 10.1. The summed E-state index contributed by atoms with van der Waals surface area (Å²) in [4.78, 5) is 0. The second-order valence-corrected chi connectivity index (χ2v) is 3.70. The molecule has 16 heavy (non-hydrogen) atoms. The van der Waals surface area contributed by atoms with Gasteiger partial charge in [0.25, 0.3) is 0 Å². The van der Waals surface area contributed by atoms with E-state index in [-0.39, 0.29) is 0 Å². The van der Waals surface area contributed by atoms with Gasteiger partial charge in [0, 0.05) is 18.3 Å². The van der Waals surface area contributed by atoms with Gasteiger partial charge in [0.2, 0.25) is 0 Å². The molecule has 0 fully saturated rings. The van der Waals surface area contributed by atoms with Crippen LogP contribution in [-0.4, -0.2) is 16.9 Å². The van der Waals surface area contributed by atoms with Gasteiger partial charge in [-0.25, -0.2) is 0 Å². The fourth-order valence-corrected chi connectivity index (χ4v) is 1.77. The lowest BCUT2D eigenvalue weighted by Gasteiger charge is -2.04. The molecule has 4 heteroatoms. The van der Waals surface area contributed by atoms with E-state index in [1.807, 2.05) is 38.2 Å². The van der Waals surface area contributed by atoms with Crippen molar-refractivity contribution in [2.24, 2.45) is 7.05 Å². The predicted molar refractivity (Wildman–Crippen MR) is 64.3 cm³/mol. The van der Waals surface area contributed by atoms with Gasteiger partial charge in [-0.15, -0.1) is 0 Å². The molecule has 1 aromatic heterocycles. The number of anilines is 1. The third-order valence-electron chi connectivity index (χ3n) is 2.72. The minimum atomic E-state index is 0.549. The van der Waals surface area contributed by atoms with Gasteiger partial charge in [-0.05, 0) is 24.6 Å². The summed E-state index contributed by atoms with van der Waals surface area (Å²) in [6.07, 6.45) is 0. The summed E-state index contributed by atoms with van der Waals surface area (Å²) < 4.78 is 6.98. The molecule has 4 nitrogen and oxygen atoms in total. The summed E-state index contributed by atoms with van der Waals surface area (Å²) in [6, 6.07) is 7.81. The molecule has 0 radical (unpaired) electrons. The molecule has 2 rings (SSSR count). The zero-order valence-corrected chi connectivity index (χ0v) is 9.69. The lowest BCUT2D eigenvalue weighted by Crippen LogP contribution is -1.93. The van der Waals surface area contributed by atoms with Crippen molar-refractivity contribution in [1.82, 2.24) is 9.78 Å². The summed E-state index contributed by atoms with van der Waals surface area (Å²) in [5.41, 5.74) is 8.94. The fraction of sp³-hybridized carbons (Fsp3) is 0.250. The average Bonchev–Trinajstić information content (AvgIpc) is 2.53. The fourth-order valence-electron chi connectivity index (χ4n) is 1.77. The molecule has 0 aliphatic heterocycles. The van der Waals surface area contributed by atoms with Gasteiger partial charge in [-0.2, -0.15) is 5.10 Å². The molecule has 0 aliphatic carbocycles. The highest BCUT2D eigenvalue weighted by Crippen LogP contribution is 2.30. The number of hydrogen-bond donors (Lipinski definition) is 1. The number of nitrogens with zero attached hydrogens (tertiary/aromatic N) is 2. The number of nitrogen functional groups attached to an aromatic ring is 1. The van der Waals surface area contributed by atoms with E-state index >= 15 is 0 Å². The molecule has 84 valence electrons. The molecule has 0 saturated heterocycles. The minimum absolute atomic E-state index is 0.549. The highest BCUT2D eigenvalue weighted by Gasteiger charge is 2.12. The Labute approximate surface area is 94.6 Å². The highest BCUT2D eigenvalue weighted by atomic mass is 16.5. The monoisotopic (exact) mass is 217 g/mol. The first kappa shape index (κ1) is 10.5. The second kappa shape index (κ2) is 3.89. The van der Waals surface area contributed by atoms with Gasteiger partial charge in [0.1, 0.15) is 5.75 Å². The first-order valence-electron chi connectivity index (χ1n) is 5.07. The number of nitrogens with two attached hydrogens (primary N) is 1. The van der Waals surface area contributed by atoms with Crippen molar-refractivity contribution in [3.05, 3.63) is 30.0 Å². The molecule has 1 heterocycles. The van der Waals surface area contributed by atoms with Crippen LogP contribution < -0.4 is 10.5 Å². The predicted octanol–water partition coefficient (Wildman–Crippen LogP) is 1.99. The number of benzene rings is 1. The van der Waals surface area contributed by atoms with Crippen molar-refractivity contribution in [3.8, 4) is 16.9 Å². The molecule has 0 bridgehead atoms. The second-order valence-electron chi connectivity index (χ2n) is 3.70. The number of aromatic nitrogens is 2. The third-order valence-corrected chi connectivity index (χ3v) is 2.72. The summed E-state index contributed by atoms with van der Waals surface area (Å²) in [5, 5.41) is 4.20. The van der Waals surface area contributed by atoms with Gasteiger partial charge in [0.05, 0.1) is 7.11 Å². The summed E-state index contributed by atoms with van der Waals surface area (Å²) >= 11 is 0. The van der Waals surface area contributed by atoms with Crippen molar-refractivity contribution in [2.75, 3.05) is 12.8 Å². The van der Waals surface area contributed by atoms with E-state index in [1.165, 1.54) is 0 Å². The smallest absolute Gasteiger partial charge is 0.153 e. The lowest BCUT2D eigenvalue weighted by molar-refractivity contribution is 0.415. The van der Waals surface area contributed by atoms with Crippen LogP contribution in [0.1, 0.15) is 5.69 Å². The standard InChI is InChI=1S/C12H15N3O/c1-8-11(12(13)14-15(8)2)9-5-4-6-10(7-9)16-3/h4-7H,1-3H3,(H2,13,14). The van der Waals surface area contributed by atoms with Crippen LogP contribution in [0.3, 0.4) is 0 Å². The zero-order chi connectivity index (χ0) is 11.7. The topological polar surface area (TPSA) is 53.1 Å². The van der Waals surface area contributed by atoms with Gasteiger partial charge in [-0.1, -0.05) is 12.1 Å². The maximum absolute atomic E-state index is 5.89. The Hall–Kier alpha value is -1.97. The molecule has 0 atom stereocenters. The van der Waals surface area contributed by atoms with E-state index in [4.69, 9.17) is 10.5 Å². The van der Waals surface area contributed by atoms with E-state index in [0.29, 0.717) is 5.82 Å². The van der Waals surface area contributed by atoms with Crippen LogP contribution in [0, 0.1) is 6.92 Å². The van der Waals surface area contributed by atoms with E-state index in [1.54, 1.807) is 11.8 Å². The maximum atomic E-state index is 5.89. The third kappa shape index (κ3) is 1.62. The van der Waals surface area contributed by atoms with Crippen LogP contribution in [0.2, 0.25) is 0 Å². The van der Waals surface area contributed by atoms with Crippen LogP contribution in [0.25, 0.3) is 11.1 Å². The Morgan fingerprint density at radius 3 is 2.69 bits per heavy atom. The molecule has 0 saturated carbocycles. The first-order chi connectivity index (χ1) is 7.63. The van der Waals surface area contributed by atoms with Gasteiger partial charge >= 0.3 is 0 Å². The molecule has 0 unspecified atom stereocenters. The Bertz CT molecular complexity index is 517. The maximum Gasteiger partial charge on any atom is 0.153 e. The largest absolute Gasteiger partial charge is 0.497 e. The van der Waals surface area contributed by atoms with Crippen molar-refractivity contribution in [1.29, 1.82) is 0 Å². The molecule has 0 spiro atoms. The number of methoxy groups -OCH3 is 1. The summed E-state index contributed by atoms with van der Waals surface area (Å²) in [7, 11) is 3.54. The summed E-state index contributed by atoms with van der Waals surface area (Å²) in [6.45, 7) is 2.00. The Morgan fingerprint density at radius 2 is 2.12 bits per heavy atom. The van der Waals surface area contributed by atoms with E-state index in [2.05, 4.69) is 5.10 Å². The zero-order valence-electron chi connectivity index (χ0n) is 9.69. The van der Waals surface area contributed by atoms with Gasteiger partial charge in [0.15, 0.2) is 5.82 Å².